The van der Waals surface area contributed by atoms with Gasteiger partial charge in [0.2, 0.25) is 0 Å². The number of sulfonamides is 1. The molecule has 29 heavy (non-hydrogen) atoms. The van der Waals surface area contributed by atoms with Crippen LogP contribution in [0.15, 0.2) is 77.7 Å². The average molecular weight is 416 g/mol. The van der Waals surface area contributed by atoms with Crippen molar-refractivity contribution in [3.05, 3.63) is 95.6 Å². The summed E-state index contributed by atoms with van der Waals surface area (Å²) in [4.78, 5) is 13.8. The minimum atomic E-state index is -3.79. The molecule has 0 fully saturated rings. The van der Waals surface area contributed by atoms with Gasteiger partial charge in [0, 0.05) is 36.5 Å². The molecule has 0 aromatic heterocycles. The molecule has 8 heteroatoms. The Morgan fingerprint density at radius 3 is 2.24 bits per heavy atom. The number of nitrogens with zero attached hydrogens (tertiary/aromatic N) is 1. The van der Waals surface area contributed by atoms with Crippen molar-refractivity contribution in [2.45, 2.75) is 11.4 Å². The Hall–Kier alpha value is -3.26. The van der Waals surface area contributed by atoms with E-state index in [1.807, 2.05) is 0 Å². The number of para-hydroxylation sites is 1. The van der Waals surface area contributed by atoms with Crippen molar-refractivity contribution in [3.8, 4) is 0 Å². The highest BCUT2D eigenvalue weighted by atomic mass is 32.2. The summed E-state index contributed by atoms with van der Waals surface area (Å²) in [7, 11) is -2.32. The van der Waals surface area contributed by atoms with Crippen molar-refractivity contribution < 1.29 is 22.0 Å². The van der Waals surface area contributed by atoms with Crippen LogP contribution in [-0.2, 0) is 16.6 Å². The molecule has 0 bridgehead atoms. The number of hydrogen-bond donors (Lipinski definition) is 1. The molecule has 0 heterocycles. The molecule has 0 saturated carbocycles. The third-order valence-corrected chi connectivity index (χ3v) is 5.60. The zero-order valence-corrected chi connectivity index (χ0v) is 16.3. The van der Waals surface area contributed by atoms with Crippen LogP contribution in [0.5, 0.6) is 0 Å². The third kappa shape index (κ3) is 4.97. The second-order valence-corrected chi connectivity index (χ2v) is 8.08. The van der Waals surface area contributed by atoms with Crippen LogP contribution in [0.25, 0.3) is 0 Å². The van der Waals surface area contributed by atoms with E-state index in [0.29, 0.717) is 5.69 Å². The molecule has 0 aliphatic heterocycles. The molecule has 5 nitrogen and oxygen atoms in total. The summed E-state index contributed by atoms with van der Waals surface area (Å²) in [5.74, 6) is -1.85. The second-order valence-electron chi connectivity index (χ2n) is 6.39. The minimum Gasteiger partial charge on any atom is -0.337 e. The molecular weight excluding hydrogens is 398 g/mol. The van der Waals surface area contributed by atoms with Gasteiger partial charge >= 0.3 is 0 Å². The van der Waals surface area contributed by atoms with Gasteiger partial charge in [0.15, 0.2) is 0 Å². The van der Waals surface area contributed by atoms with Gasteiger partial charge in [-0.15, -0.1) is 0 Å². The van der Waals surface area contributed by atoms with Crippen molar-refractivity contribution in [1.82, 2.24) is 4.90 Å². The standard InChI is InChI=1S/C21H18F2N2O3S/c1-25(14-16-7-10-17(22)13-20(16)23)21(26)15-8-11-19(12-9-15)29(27,28)24-18-5-3-2-4-6-18/h2-13,24H,14H2,1H3. The van der Waals surface area contributed by atoms with Crippen LogP contribution in [-0.4, -0.2) is 26.3 Å². The number of halogens is 2. The highest BCUT2D eigenvalue weighted by Gasteiger charge is 2.18. The van der Waals surface area contributed by atoms with Crippen molar-refractivity contribution in [1.29, 1.82) is 0 Å². The monoisotopic (exact) mass is 416 g/mol. The van der Waals surface area contributed by atoms with Crippen molar-refractivity contribution in [2.75, 3.05) is 11.8 Å². The lowest BCUT2D eigenvalue weighted by Crippen LogP contribution is -2.26. The molecule has 0 aliphatic rings. The Bertz CT molecular complexity index is 1120. The first kappa shape index (κ1) is 20.5. The number of nitrogens with one attached hydrogen (secondary N) is 1. The van der Waals surface area contributed by atoms with Crippen LogP contribution < -0.4 is 4.72 Å². The topological polar surface area (TPSA) is 66.5 Å². The van der Waals surface area contributed by atoms with E-state index in [-0.39, 0.29) is 22.6 Å². The zero-order chi connectivity index (χ0) is 21.0. The maximum Gasteiger partial charge on any atom is 0.261 e. The molecule has 0 saturated heterocycles. The molecule has 150 valence electrons. The van der Waals surface area contributed by atoms with Gasteiger partial charge < -0.3 is 4.90 Å². The van der Waals surface area contributed by atoms with E-state index >= 15 is 0 Å². The van der Waals surface area contributed by atoms with Gasteiger partial charge in [-0.05, 0) is 42.5 Å². The predicted octanol–water partition coefficient (Wildman–Crippen LogP) is 4.04. The van der Waals surface area contributed by atoms with Crippen LogP contribution in [0, 0.1) is 11.6 Å². The lowest BCUT2D eigenvalue weighted by Gasteiger charge is -2.18. The number of anilines is 1. The molecular formula is C21H18F2N2O3S. The van der Waals surface area contributed by atoms with E-state index in [4.69, 9.17) is 0 Å². The third-order valence-electron chi connectivity index (χ3n) is 4.21. The van der Waals surface area contributed by atoms with Gasteiger partial charge in [0.25, 0.3) is 15.9 Å². The Balaban J connectivity index is 1.72. The highest BCUT2D eigenvalue weighted by molar-refractivity contribution is 7.92. The summed E-state index contributed by atoms with van der Waals surface area (Å²) in [6.45, 7) is -0.0550. The van der Waals surface area contributed by atoms with E-state index in [1.165, 1.54) is 42.3 Å². The first-order valence-electron chi connectivity index (χ1n) is 8.63. The van der Waals surface area contributed by atoms with Gasteiger partial charge in [-0.2, -0.15) is 0 Å². The Morgan fingerprint density at radius 1 is 0.966 bits per heavy atom. The molecule has 1 amide bonds. The Morgan fingerprint density at radius 2 is 1.62 bits per heavy atom. The van der Waals surface area contributed by atoms with E-state index in [9.17, 15) is 22.0 Å². The molecule has 0 spiro atoms. The van der Waals surface area contributed by atoms with E-state index in [2.05, 4.69) is 4.72 Å². The molecule has 3 aromatic carbocycles. The van der Waals surface area contributed by atoms with Crippen molar-refractivity contribution >= 4 is 21.6 Å². The summed E-state index contributed by atoms with van der Waals surface area (Å²) in [5.41, 5.74) is 0.843. The van der Waals surface area contributed by atoms with E-state index in [1.54, 1.807) is 30.3 Å². The summed E-state index contributed by atoms with van der Waals surface area (Å²) in [6.07, 6.45) is 0. The summed E-state index contributed by atoms with van der Waals surface area (Å²) in [6, 6.07) is 17.0. The van der Waals surface area contributed by atoms with E-state index in [0.717, 1.165) is 12.1 Å². The maximum absolute atomic E-state index is 13.8. The fourth-order valence-electron chi connectivity index (χ4n) is 2.69. The normalized spacial score (nSPS) is 11.1. The van der Waals surface area contributed by atoms with Crippen LogP contribution in [0.3, 0.4) is 0 Å². The van der Waals surface area contributed by atoms with Crippen LogP contribution in [0.2, 0.25) is 0 Å². The number of hydrogen-bond acceptors (Lipinski definition) is 3. The first-order valence-corrected chi connectivity index (χ1v) is 10.1. The smallest absolute Gasteiger partial charge is 0.261 e. The van der Waals surface area contributed by atoms with Gasteiger partial charge in [-0.1, -0.05) is 24.3 Å². The van der Waals surface area contributed by atoms with Gasteiger partial charge in [0.1, 0.15) is 11.6 Å². The van der Waals surface area contributed by atoms with Crippen molar-refractivity contribution in [2.24, 2.45) is 0 Å². The zero-order valence-electron chi connectivity index (χ0n) is 15.5. The number of carbonyl (C=O) groups is 1. The average Bonchev–Trinajstić information content (AvgIpc) is 2.70. The Labute approximate surface area is 167 Å². The van der Waals surface area contributed by atoms with Crippen LogP contribution in [0.4, 0.5) is 14.5 Å². The molecule has 0 radical (unpaired) electrons. The SMILES string of the molecule is CN(Cc1ccc(F)cc1F)C(=O)c1ccc(S(=O)(=O)Nc2ccccc2)cc1. The quantitative estimate of drug-likeness (QED) is 0.660. The fourth-order valence-corrected chi connectivity index (χ4v) is 3.75. The largest absolute Gasteiger partial charge is 0.337 e. The van der Waals surface area contributed by atoms with Gasteiger partial charge in [-0.3, -0.25) is 9.52 Å². The molecule has 1 N–H and O–H groups in total. The van der Waals surface area contributed by atoms with Gasteiger partial charge in [-0.25, -0.2) is 17.2 Å². The summed E-state index contributed by atoms with van der Waals surface area (Å²) in [5, 5.41) is 0. The van der Waals surface area contributed by atoms with Crippen molar-refractivity contribution in [3.63, 3.8) is 0 Å². The molecule has 3 aromatic rings. The number of amides is 1. The summed E-state index contributed by atoms with van der Waals surface area (Å²) >= 11 is 0. The maximum atomic E-state index is 13.8. The Kier molecular flexibility index (Phi) is 5.93. The minimum absolute atomic E-state index is 0.00475. The second kappa shape index (κ2) is 8.40. The summed E-state index contributed by atoms with van der Waals surface area (Å²) < 4.78 is 54.1. The molecule has 0 atom stereocenters. The van der Waals surface area contributed by atoms with Crippen LogP contribution in [0.1, 0.15) is 15.9 Å². The van der Waals surface area contributed by atoms with E-state index < -0.39 is 27.6 Å². The first-order chi connectivity index (χ1) is 13.8. The molecule has 0 aliphatic carbocycles. The van der Waals surface area contributed by atoms with Crippen LogP contribution >= 0.6 is 0 Å². The lowest BCUT2D eigenvalue weighted by molar-refractivity contribution is 0.0783. The fraction of sp³-hybridized carbons (Fsp3) is 0.0952. The van der Waals surface area contributed by atoms with Gasteiger partial charge in [0.05, 0.1) is 4.90 Å². The number of carbonyl (C=O) groups excluding carboxylic acids is 1. The molecule has 0 unspecified atom stereocenters. The number of rotatable bonds is 6. The number of benzene rings is 3. The molecule has 3 rings (SSSR count). The highest BCUT2D eigenvalue weighted by Crippen LogP contribution is 2.18. The predicted molar refractivity (Wildman–Crippen MR) is 106 cm³/mol. The lowest BCUT2D eigenvalue weighted by atomic mass is 10.1.